The summed E-state index contributed by atoms with van der Waals surface area (Å²) in [7, 11) is 0. The normalized spacial score (nSPS) is 10.9. The number of nitrogens with zero attached hydrogens (tertiary/aromatic N) is 2. The Bertz CT molecular complexity index is 1090. The highest BCUT2D eigenvalue weighted by Crippen LogP contribution is 2.13. The zero-order chi connectivity index (χ0) is 21.5. The van der Waals surface area contributed by atoms with Crippen molar-refractivity contribution in [1.82, 2.24) is 5.43 Å². The molecule has 0 heterocycles. The lowest BCUT2D eigenvalue weighted by Gasteiger charge is -2.07. The van der Waals surface area contributed by atoms with Crippen LogP contribution in [0, 0.1) is 10.1 Å². The topological polar surface area (TPSA) is 114 Å². The molecule has 0 saturated heterocycles. The first-order chi connectivity index (χ1) is 14.4. The fraction of sp³-hybridized carbons (Fsp3) is 0.0455. The minimum atomic E-state index is -0.482. The summed E-state index contributed by atoms with van der Waals surface area (Å²) < 4.78 is 0. The molecule has 0 aromatic heterocycles. The molecule has 0 unspecified atom stereocenters. The Morgan fingerprint density at radius 2 is 1.37 bits per heavy atom. The Hall–Kier alpha value is -4.33. The lowest BCUT2D eigenvalue weighted by atomic mass is 10.1. The molecule has 0 aliphatic carbocycles. The molecule has 8 nitrogen and oxygen atoms in total. The van der Waals surface area contributed by atoms with Crippen LogP contribution in [-0.2, 0) is 0 Å². The molecule has 0 radical (unpaired) electrons. The van der Waals surface area contributed by atoms with E-state index in [-0.39, 0.29) is 11.6 Å². The maximum absolute atomic E-state index is 12.3. The Labute approximate surface area is 172 Å². The average Bonchev–Trinajstić information content (AvgIpc) is 2.78. The van der Waals surface area contributed by atoms with Gasteiger partial charge >= 0.3 is 0 Å². The second kappa shape index (κ2) is 9.24. The summed E-state index contributed by atoms with van der Waals surface area (Å²) in [6, 6.07) is 21.1. The summed E-state index contributed by atoms with van der Waals surface area (Å²) in [4.78, 5) is 34.7. The zero-order valence-corrected chi connectivity index (χ0v) is 16.0. The number of non-ortho nitro benzene ring substituents is 1. The van der Waals surface area contributed by atoms with Crippen LogP contribution >= 0.6 is 0 Å². The molecule has 0 fully saturated rings. The molecule has 0 atom stereocenters. The van der Waals surface area contributed by atoms with Gasteiger partial charge in [0.25, 0.3) is 17.5 Å². The minimum Gasteiger partial charge on any atom is -0.322 e. The number of carbonyl (C=O) groups is 2. The number of hydrogen-bond donors (Lipinski definition) is 2. The zero-order valence-electron chi connectivity index (χ0n) is 16.0. The number of hydrazone groups is 1. The van der Waals surface area contributed by atoms with Gasteiger partial charge in [0.1, 0.15) is 0 Å². The Morgan fingerprint density at radius 3 is 1.97 bits per heavy atom. The highest BCUT2D eigenvalue weighted by molar-refractivity contribution is 6.04. The van der Waals surface area contributed by atoms with Gasteiger partial charge in [-0.2, -0.15) is 5.10 Å². The van der Waals surface area contributed by atoms with Gasteiger partial charge in [-0.05, 0) is 61.0 Å². The highest BCUT2D eigenvalue weighted by Gasteiger charge is 2.09. The maximum atomic E-state index is 12.3. The van der Waals surface area contributed by atoms with Gasteiger partial charge in [0.05, 0.1) is 10.6 Å². The molecule has 0 aliphatic heterocycles. The van der Waals surface area contributed by atoms with Gasteiger partial charge in [-0.25, -0.2) is 5.43 Å². The third kappa shape index (κ3) is 5.14. The van der Waals surface area contributed by atoms with Crippen LogP contribution in [0.5, 0.6) is 0 Å². The molecular weight excluding hydrogens is 384 g/mol. The van der Waals surface area contributed by atoms with Gasteiger partial charge in [0, 0.05) is 28.9 Å². The lowest BCUT2D eigenvalue weighted by Crippen LogP contribution is -2.19. The van der Waals surface area contributed by atoms with E-state index >= 15 is 0 Å². The summed E-state index contributed by atoms with van der Waals surface area (Å²) in [5.74, 6) is -0.659. The summed E-state index contributed by atoms with van der Waals surface area (Å²) in [5.41, 5.74) is 5.05. The number of nitrogens with one attached hydrogen (secondary N) is 2. The number of amides is 2. The van der Waals surface area contributed by atoms with Crippen molar-refractivity contribution in [3.63, 3.8) is 0 Å². The van der Waals surface area contributed by atoms with E-state index in [0.717, 1.165) is 0 Å². The second-order valence-corrected chi connectivity index (χ2v) is 6.34. The third-order valence-electron chi connectivity index (χ3n) is 4.26. The summed E-state index contributed by atoms with van der Waals surface area (Å²) in [6.07, 6.45) is 0. The molecule has 3 aromatic carbocycles. The Kier molecular flexibility index (Phi) is 6.29. The van der Waals surface area contributed by atoms with Crippen LogP contribution in [0.25, 0.3) is 0 Å². The van der Waals surface area contributed by atoms with Gasteiger partial charge < -0.3 is 5.32 Å². The standard InChI is InChI=1S/C22H18N4O4/c1-15(16-9-13-20(14-10-16)26(29)30)24-25-22(28)18-7-11-19(12-8-18)23-21(27)17-5-3-2-4-6-17/h2-14H,1H3,(H,23,27)(H,25,28). The number of nitro groups is 1. The van der Waals surface area contributed by atoms with Gasteiger partial charge in [0.2, 0.25) is 0 Å². The van der Waals surface area contributed by atoms with Crippen molar-refractivity contribution >= 4 is 28.9 Å². The third-order valence-corrected chi connectivity index (χ3v) is 4.26. The number of nitro benzene ring substituents is 1. The summed E-state index contributed by atoms with van der Waals surface area (Å²) >= 11 is 0. The molecule has 0 saturated carbocycles. The van der Waals surface area contributed by atoms with Crippen molar-refractivity contribution in [2.45, 2.75) is 6.92 Å². The fourth-order valence-corrected chi connectivity index (χ4v) is 2.59. The molecule has 0 aliphatic rings. The van der Waals surface area contributed by atoms with E-state index in [1.54, 1.807) is 67.6 Å². The number of hydrogen-bond acceptors (Lipinski definition) is 5. The van der Waals surface area contributed by atoms with Crippen molar-refractivity contribution in [2.24, 2.45) is 5.10 Å². The summed E-state index contributed by atoms with van der Waals surface area (Å²) in [6.45, 7) is 1.68. The Balaban J connectivity index is 1.60. The number of benzene rings is 3. The van der Waals surface area contributed by atoms with Gasteiger partial charge in [-0.1, -0.05) is 18.2 Å². The van der Waals surface area contributed by atoms with Crippen LogP contribution in [0.1, 0.15) is 33.2 Å². The molecule has 0 spiro atoms. The quantitative estimate of drug-likeness (QED) is 0.368. The van der Waals surface area contributed by atoms with Crippen molar-refractivity contribution < 1.29 is 14.5 Å². The molecular formula is C22H18N4O4. The second-order valence-electron chi connectivity index (χ2n) is 6.34. The van der Waals surface area contributed by atoms with Crippen LogP contribution in [0.3, 0.4) is 0 Å². The smallest absolute Gasteiger partial charge is 0.271 e. The van der Waals surface area contributed by atoms with Crippen molar-refractivity contribution in [1.29, 1.82) is 0 Å². The van der Waals surface area contributed by atoms with E-state index in [1.165, 1.54) is 12.1 Å². The SMILES string of the molecule is CC(=NNC(=O)c1ccc(NC(=O)c2ccccc2)cc1)c1ccc([N+](=O)[O-])cc1. The maximum Gasteiger partial charge on any atom is 0.271 e. The molecule has 30 heavy (non-hydrogen) atoms. The van der Waals surface area contributed by atoms with E-state index in [9.17, 15) is 19.7 Å². The predicted molar refractivity (Wildman–Crippen MR) is 114 cm³/mol. The van der Waals surface area contributed by atoms with Crippen LogP contribution in [-0.4, -0.2) is 22.4 Å². The largest absolute Gasteiger partial charge is 0.322 e. The van der Waals surface area contributed by atoms with E-state index in [2.05, 4.69) is 15.8 Å². The van der Waals surface area contributed by atoms with Gasteiger partial charge in [-0.3, -0.25) is 19.7 Å². The van der Waals surface area contributed by atoms with E-state index < -0.39 is 10.8 Å². The first-order valence-electron chi connectivity index (χ1n) is 9.00. The van der Waals surface area contributed by atoms with Crippen molar-refractivity contribution in [2.75, 3.05) is 5.32 Å². The van der Waals surface area contributed by atoms with Crippen LogP contribution in [0.2, 0.25) is 0 Å². The van der Waals surface area contributed by atoms with E-state index in [1.807, 2.05) is 6.07 Å². The van der Waals surface area contributed by atoms with E-state index in [4.69, 9.17) is 0 Å². The molecule has 3 aromatic rings. The Morgan fingerprint density at radius 1 is 0.800 bits per heavy atom. The lowest BCUT2D eigenvalue weighted by molar-refractivity contribution is -0.384. The minimum absolute atomic E-state index is 0.0185. The number of rotatable bonds is 6. The van der Waals surface area contributed by atoms with Crippen LogP contribution in [0.4, 0.5) is 11.4 Å². The first kappa shape index (κ1) is 20.4. The number of anilines is 1. The fourth-order valence-electron chi connectivity index (χ4n) is 2.59. The molecule has 0 bridgehead atoms. The summed E-state index contributed by atoms with van der Waals surface area (Å²) in [5, 5.41) is 17.5. The number of carbonyl (C=O) groups excluding carboxylic acids is 2. The van der Waals surface area contributed by atoms with Gasteiger partial charge in [0.15, 0.2) is 0 Å². The molecule has 8 heteroatoms. The molecule has 2 N–H and O–H groups in total. The molecule has 150 valence electrons. The predicted octanol–water partition coefficient (Wildman–Crippen LogP) is 4.00. The van der Waals surface area contributed by atoms with Crippen molar-refractivity contribution in [3.05, 3.63) is 106 Å². The van der Waals surface area contributed by atoms with Crippen LogP contribution in [0.15, 0.2) is 84.0 Å². The monoisotopic (exact) mass is 402 g/mol. The van der Waals surface area contributed by atoms with Gasteiger partial charge in [-0.15, -0.1) is 0 Å². The van der Waals surface area contributed by atoms with Crippen LogP contribution < -0.4 is 10.7 Å². The first-order valence-corrected chi connectivity index (χ1v) is 9.00. The van der Waals surface area contributed by atoms with E-state index in [0.29, 0.717) is 28.1 Å². The molecule has 3 rings (SSSR count). The highest BCUT2D eigenvalue weighted by atomic mass is 16.6. The molecule has 2 amide bonds. The van der Waals surface area contributed by atoms with Crippen molar-refractivity contribution in [3.8, 4) is 0 Å². The average molecular weight is 402 g/mol.